The molecule has 1 aliphatic carbocycles. The zero-order chi connectivity index (χ0) is 13.1. The van der Waals surface area contributed by atoms with Crippen LogP contribution in [0.2, 0.25) is 0 Å². The van der Waals surface area contributed by atoms with Gasteiger partial charge in [-0.2, -0.15) is 0 Å². The zero-order valence-corrected chi connectivity index (χ0v) is 9.67. The number of rotatable bonds is 4. The molecule has 0 aromatic heterocycles. The standard InChI is InChI=1S/C13H14N2O3/c14-12(16)8-1-4-10(5-2-8)15-11-6-3-9(7-11)13(17)18/h1-6,9,11,15H,7H2,(H2,14,16)(H,17,18). The molecule has 1 amide bonds. The summed E-state index contributed by atoms with van der Waals surface area (Å²) in [4.78, 5) is 21.7. The number of carbonyl (C=O) groups excluding carboxylic acids is 1. The summed E-state index contributed by atoms with van der Waals surface area (Å²) >= 11 is 0. The number of amides is 1. The van der Waals surface area contributed by atoms with Gasteiger partial charge >= 0.3 is 5.97 Å². The number of primary amides is 1. The van der Waals surface area contributed by atoms with E-state index in [4.69, 9.17) is 10.8 Å². The van der Waals surface area contributed by atoms with E-state index < -0.39 is 17.8 Å². The smallest absolute Gasteiger partial charge is 0.310 e. The number of hydrogen-bond acceptors (Lipinski definition) is 3. The van der Waals surface area contributed by atoms with Gasteiger partial charge in [0.25, 0.3) is 0 Å². The number of carbonyl (C=O) groups is 2. The Hall–Kier alpha value is -2.30. The second-order valence-corrected chi connectivity index (χ2v) is 4.26. The van der Waals surface area contributed by atoms with Crippen molar-refractivity contribution in [1.29, 1.82) is 0 Å². The largest absolute Gasteiger partial charge is 0.481 e. The van der Waals surface area contributed by atoms with Crippen molar-refractivity contribution in [3.8, 4) is 0 Å². The zero-order valence-electron chi connectivity index (χ0n) is 9.67. The van der Waals surface area contributed by atoms with Crippen LogP contribution in [-0.2, 0) is 4.79 Å². The number of benzene rings is 1. The molecule has 2 atom stereocenters. The number of nitrogens with two attached hydrogens (primary N) is 1. The molecule has 1 aromatic carbocycles. The van der Waals surface area contributed by atoms with Gasteiger partial charge in [0, 0.05) is 17.3 Å². The molecule has 18 heavy (non-hydrogen) atoms. The van der Waals surface area contributed by atoms with E-state index in [0.29, 0.717) is 12.0 Å². The van der Waals surface area contributed by atoms with E-state index in [1.165, 1.54) is 0 Å². The molecule has 1 aromatic rings. The number of anilines is 1. The van der Waals surface area contributed by atoms with Gasteiger partial charge in [-0.1, -0.05) is 12.2 Å². The van der Waals surface area contributed by atoms with Crippen LogP contribution in [-0.4, -0.2) is 23.0 Å². The van der Waals surface area contributed by atoms with Gasteiger partial charge in [-0.25, -0.2) is 0 Å². The van der Waals surface area contributed by atoms with E-state index in [1.807, 2.05) is 6.08 Å². The van der Waals surface area contributed by atoms with Crippen LogP contribution >= 0.6 is 0 Å². The highest BCUT2D eigenvalue weighted by molar-refractivity contribution is 5.93. The van der Waals surface area contributed by atoms with E-state index in [0.717, 1.165) is 5.69 Å². The number of carboxylic acids is 1. The summed E-state index contributed by atoms with van der Waals surface area (Å²) in [6.07, 6.45) is 4.07. The van der Waals surface area contributed by atoms with Gasteiger partial charge in [-0.3, -0.25) is 9.59 Å². The lowest BCUT2D eigenvalue weighted by Gasteiger charge is -2.13. The van der Waals surface area contributed by atoms with Gasteiger partial charge in [-0.15, -0.1) is 0 Å². The molecule has 2 unspecified atom stereocenters. The van der Waals surface area contributed by atoms with E-state index in [9.17, 15) is 9.59 Å². The minimum atomic E-state index is -0.806. The molecule has 5 nitrogen and oxygen atoms in total. The number of aliphatic carboxylic acids is 1. The molecule has 94 valence electrons. The molecule has 4 N–H and O–H groups in total. The lowest BCUT2D eigenvalue weighted by atomic mass is 10.1. The Labute approximate surface area is 104 Å². The lowest BCUT2D eigenvalue weighted by Crippen LogP contribution is -2.18. The van der Waals surface area contributed by atoms with Crippen LogP contribution in [0.4, 0.5) is 5.69 Å². The van der Waals surface area contributed by atoms with Crippen molar-refractivity contribution in [3.05, 3.63) is 42.0 Å². The molecule has 1 aliphatic rings. The van der Waals surface area contributed by atoms with Crippen molar-refractivity contribution in [2.45, 2.75) is 12.5 Å². The Morgan fingerprint density at radius 2 is 1.89 bits per heavy atom. The van der Waals surface area contributed by atoms with Gasteiger partial charge < -0.3 is 16.2 Å². The third kappa shape index (κ3) is 2.68. The maximum Gasteiger partial charge on any atom is 0.310 e. The number of nitrogens with one attached hydrogen (secondary N) is 1. The molecule has 5 heteroatoms. The Bertz CT molecular complexity index is 493. The summed E-state index contributed by atoms with van der Waals surface area (Å²) in [6, 6.07) is 6.78. The highest BCUT2D eigenvalue weighted by atomic mass is 16.4. The van der Waals surface area contributed by atoms with E-state index in [-0.39, 0.29) is 6.04 Å². The van der Waals surface area contributed by atoms with Crippen LogP contribution in [0.3, 0.4) is 0 Å². The highest BCUT2D eigenvalue weighted by Gasteiger charge is 2.24. The fourth-order valence-electron chi connectivity index (χ4n) is 1.93. The third-order valence-electron chi connectivity index (χ3n) is 2.92. The average molecular weight is 246 g/mol. The van der Waals surface area contributed by atoms with E-state index >= 15 is 0 Å². The van der Waals surface area contributed by atoms with Crippen molar-refractivity contribution < 1.29 is 14.7 Å². The van der Waals surface area contributed by atoms with Crippen molar-refractivity contribution in [3.63, 3.8) is 0 Å². The first kappa shape index (κ1) is 12.2. The third-order valence-corrected chi connectivity index (χ3v) is 2.92. The quantitative estimate of drug-likeness (QED) is 0.696. The summed E-state index contributed by atoms with van der Waals surface area (Å²) in [7, 11) is 0. The fourth-order valence-corrected chi connectivity index (χ4v) is 1.93. The average Bonchev–Trinajstić information content (AvgIpc) is 2.78. The van der Waals surface area contributed by atoms with Gasteiger partial charge in [0.2, 0.25) is 5.91 Å². The van der Waals surface area contributed by atoms with Crippen LogP contribution in [0.5, 0.6) is 0 Å². The Morgan fingerprint density at radius 1 is 1.22 bits per heavy atom. The molecule has 0 radical (unpaired) electrons. The van der Waals surface area contributed by atoms with Gasteiger partial charge in [0.15, 0.2) is 0 Å². The van der Waals surface area contributed by atoms with Crippen molar-refractivity contribution in [2.75, 3.05) is 5.32 Å². The van der Waals surface area contributed by atoms with Crippen molar-refractivity contribution >= 4 is 17.6 Å². The first-order valence-corrected chi connectivity index (χ1v) is 5.64. The normalized spacial score (nSPS) is 21.8. The van der Waals surface area contributed by atoms with Gasteiger partial charge in [0.1, 0.15) is 0 Å². The van der Waals surface area contributed by atoms with Gasteiger partial charge in [0.05, 0.1) is 5.92 Å². The molecule has 0 fully saturated rings. The predicted molar refractivity (Wildman–Crippen MR) is 67.3 cm³/mol. The molecule has 0 bridgehead atoms. The summed E-state index contributed by atoms with van der Waals surface area (Å²) in [5.74, 6) is -1.69. The maximum atomic E-state index is 10.9. The SMILES string of the molecule is NC(=O)c1ccc(NC2C=CC(C(=O)O)C2)cc1. The van der Waals surface area contributed by atoms with Crippen LogP contribution in [0.15, 0.2) is 36.4 Å². The molecule has 0 aliphatic heterocycles. The van der Waals surface area contributed by atoms with Crippen molar-refractivity contribution in [1.82, 2.24) is 0 Å². The summed E-state index contributed by atoms with van der Waals surface area (Å²) < 4.78 is 0. The number of carboxylic acid groups (broad SMARTS) is 1. The minimum absolute atomic E-state index is 0.00512. The van der Waals surface area contributed by atoms with Crippen LogP contribution in [0.1, 0.15) is 16.8 Å². The van der Waals surface area contributed by atoms with Crippen LogP contribution < -0.4 is 11.1 Å². The predicted octanol–water partition coefficient (Wildman–Crippen LogP) is 1.23. The summed E-state index contributed by atoms with van der Waals surface area (Å²) in [5.41, 5.74) is 6.43. The first-order chi connectivity index (χ1) is 8.56. The molecule has 2 rings (SSSR count). The molecule has 0 spiro atoms. The van der Waals surface area contributed by atoms with Crippen LogP contribution in [0.25, 0.3) is 0 Å². The minimum Gasteiger partial charge on any atom is -0.481 e. The second kappa shape index (κ2) is 4.91. The summed E-state index contributed by atoms with van der Waals surface area (Å²) in [6.45, 7) is 0. The van der Waals surface area contributed by atoms with Crippen LogP contribution in [0, 0.1) is 5.92 Å². The molecule has 0 saturated heterocycles. The lowest BCUT2D eigenvalue weighted by molar-refractivity contribution is -0.140. The first-order valence-electron chi connectivity index (χ1n) is 5.64. The van der Waals surface area contributed by atoms with E-state index in [2.05, 4.69) is 5.32 Å². The van der Waals surface area contributed by atoms with E-state index in [1.54, 1.807) is 30.3 Å². The second-order valence-electron chi connectivity index (χ2n) is 4.26. The molecule has 0 saturated carbocycles. The fraction of sp³-hybridized carbons (Fsp3) is 0.231. The monoisotopic (exact) mass is 246 g/mol. The maximum absolute atomic E-state index is 10.9. The Balaban J connectivity index is 1.97. The Morgan fingerprint density at radius 3 is 2.39 bits per heavy atom. The van der Waals surface area contributed by atoms with Gasteiger partial charge in [-0.05, 0) is 30.7 Å². The highest BCUT2D eigenvalue weighted by Crippen LogP contribution is 2.21. The molecular formula is C13H14N2O3. The number of hydrogen-bond donors (Lipinski definition) is 3. The molecule has 0 heterocycles. The Kier molecular flexibility index (Phi) is 3.32. The topological polar surface area (TPSA) is 92.4 Å². The molecular weight excluding hydrogens is 232 g/mol. The summed E-state index contributed by atoms with van der Waals surface area (Å²) in [5, 5.41) is 12.1. The van der Waals surface area contributed by atoms with Crippen molar-refractivity contribution in [2.24, 2.45) is 11.7 Å².